The van der Waals surface area contributed by atoms with E-state index in [4.69, 9.17) is 0 Å². The topological polar surface area (TPSA) is 46.1 Å². The summed E-state index contributed by atoms with van der Waals surface area (Å²) in [5.74, 6) is -0.882. The van der Waals surface area contributed by atoms with Crippen LogP contribution in [0.5, 0.6) is 0 Å². The van der Waals surface area contributed by atoms with Gasteiger partial charge in [-0.15, -0.1) is 12.2 Å². The lowest BCUT2D eigenvalue weighted by Crippen LogP contribution is -2.64. The third-order valence-corrected chi connectivity index (χ3v) is 8.20. The number of hydrogen-bond acceptors (Lipinski definition) is 2. The van der Waals surface area contributed by atoms with Crippen molar-refractivity contribution >= 4 is 0 Å². The molecule has 0 saturated heterocycles. The van der Waals surface area contributed by atoms with Gasteiger partial charge >= 0.3 is 0 Å². The molecule has 0 N–H and O–H groups in total. The molecule has 1 aliphatic carbocycles. The van der Waals surface area contributed by atoms with E-state index in [0.29, 0.717) is 0 Å². The van der Waals surface area contributed by atoms with Crippen LogP contribution in [0.3, 0.4) is 0 Å². The van der Waals surface area contributed by atoms with Crippen molar-refractivity contribution in [3.05, 3.63) is 66.8 Å². The average Bonchev–Trinajstić information content (AvgIpc) is 2.68. The first kappa shape index (κ1) is 21.1. The molecular formula is C26H34O2-2. The largest absolute Gasteiger partial charge is 0.851 e. The van der Waals surface area contributed by atoms with Crippen LogP contribution in [0.1, 0.15) is 78.6 Å². The maximum Gasteiger partial charge on any atom is -0.0392 e. The summed E-state index contributed by atoms with van der Waals surface area (Å²) in [6.45, 7) is 21.0. The van der Waals surface area contributed by atoms with E-state index in [9.17, 15) is 10.2 Å². The summed E-state index contributed by atoms with van der Waals surface area (Å²) in [6, 6.07) is 0. The fraction of sp³-hybridized carbons (Fsp3) is 0.538. The van der Waals surface area contributed by atoms with Gasteiger partial charge in [0.25, 0.3) is 0 Å². The molecule has 2 nitrogen and oxygen atoms in total. The maximum atomic E-state index is 13.5. The SMILES string of the molecule is Cc1c(C)c(C)c(C2C([O-])C(c3c(C)c(C)c(C)c(C)c3C)C2[O-])c(C)c1C. The lowest BCUT2D eigenvalue weighted by atomic mass is 9.59. The molecule has 1 fully saturated rings. The number of benzene rings is 2. The van der Waals surface area contributed by atoms with Crippen LogP contribution < -0.4 is 10.2 Å². The predicted molar refractivity (Wildman–Crippen MR) is 113 cm³/mol. The first-order valence-corrected chi connectivity index (χ1v) is 10.4. The molecule has 0 spiro atoms. The van der Waals surface area contributed by atoms with E-state index in [2.05, 4.69) is 69.2 Å². The van der Waals surface area contributed by atoms with Gasteiger partial charge in [0.2, 0.25) is 0 Å². The highest BCUT2D eigenvalue weighted by molar-refractivity contribution is 5.56. The number of hydrogen-bond donors (Lipinski definition) is 0. The zero-order chi connectivity index (χ0) is 21.2. The summed E-state index contributed by atoms with van der Waals surface area (Å²) in [4.78, 5) is 0. The van der Waals surface area contributed by atoms with Crippen molar-refractivity contribution in [3.63, 3.8) is 0 Å². The molecule has 2 aromatic carbocycles. The van der Waals surface area contributed by atoms with E-state index in [-0.39, 0.29) is 0 Å². The van der Waals surface area contributed by atoms with E-state index in [0.717, 1.165) is 33.4 Å². The van der Waals surface area contributed by atoms with Crippen molar-refractivity contribution in [3.8, 4) is 0 Å². The van der Waals surface area contributed by atoms with Crippen LogP contribution in [-0.4, -0.2) is 12.2 Å². The van der Waals surface area contributed by atoms with Crippen molar-refractivity contribution in [2.75, 3.05) is 0 Å². The minimum Gasteiger partial charge on any atom is -0.851 e. The Balaban J connectivity index is 2.12. The molecule has 152 valence electrons. The third-order valence-electron chi connectivity index (χ3n) is 8.20. The van der Waals surface area contributed by atoms with E-state index in [1.54, 1.807) is 0 Å². The van der Waals surface area contributed by atoms with Gasteiger partial charge in [0.1, 0.15) is 0 Å². The molecule has 0 radical (unpaired) electrons. The molecule has 1 aliphatic rings. The van der Waals surface area contributed by atoms with Gasteiger partial charge in [-0.2, -0.15) is 0 Å². The Morgan fingerprint density at radius 3 is 0.750 bits per heavy atom. The molecule has 0 heterocycles. The molecule has 0 amide bonds. The fourth-order valence-electron chi connectivity index (χ4n) is 5.39. The van der Waals surface area contributed by atoms with Crippen molar-refractivity contribution < 1.29 is 10.2 Å². The second kappa shape index (κ2) is 7.00. The van der Waals surface area contributed by atoms with Gasteiger partial charge < -0.3 is 10.2 Å². The van der Waals surface area contributed by atoms with Gasteiger partial charge in [0.15, 0.2) is 0 Å². The summed E-state index contributed by atoms with van der Waals surface area (Å²) >= 11 is 0. The second-order valence-corrected chi connectivity index (χ2v) is 9.06. The molecule has 0 aliphatic heterocycles. The van der Waals surface area contributed by atoms with E-state index in [1.165, 1.54) is 33.4 Å². The van der Waals surface area contributed by atoms with Gasteiger partial charge in [-0.3, -0.25) is 0 Å². The zero-order valence-corrected chi connectivity index (χ0v) is 19.1. The molecule has 0 aromatic heterocycles. The van der Waals surface area contributed by atoms with E-state index in [1.807, 2.05) is 0 Å². The maximum absolute atomic E-state index is 13.5. The summed E-state index contributed by atoms with van der Waals surface area (Å²) in [5, 5.41) is 27.0. The Bertz CT molecular complexity index is 822. The smallest absolute Gasteiger partial charge is 0.0392 e. The lowest BCUT2D eigenvalue weighted by Gasteiger charge is -2.63. The molecule has 28 heavy (non-hydrogen) atoms. The Morgan fingerprint density at radius 1 is 0.357 bits per heavy atom. The minimum atomic E-state index is -0.875. The highest BCUT2D eigenvalue weighted by Gasteiger charge is 2.41. The molecule has 0 unspecified atom stereocenters. The summed E-state index contributed by atoms with van der Waals surface area (Å²) in [5.41, 5.74) is 14.0. The van der Waals surface area contributed by atoms with Crippen LogP contribution in [0, 0.1) is 69.2 Å². The third kappa shape index (κ3) is 2.69. The first-order valence-electron chi connectivity index (χ1n) is 10.4. The molecular weight excluding hydrogens is 344 g/mol. The highest BCUT2D eigenvalue weighted by Crippen LogP contribution is 2.50. The van der Waals surface area contributed by atoms with Crippen molar-refractivity contribution in [1.82, 2.24) is 0 Å². The first-order chi connectivity index (χ1) is 12.9. The number of rotatable bonds is 2. The van der Waals surface area contributed by atoms with Crippen LogP contribution in [0.4, 0.5) is 0 Å². The van der Waals surface area contributed by atoms with Crippen molar-refractivity contribution in [2.45, 2.75) is 93.3 Å². The Labute approximate surface area is 170 Å². The molecule has 0 bridgehead atoms. The summed E-state index contributed by atoms with van der Waals surface area (Å²) < 4.78 is 0. The Kier molecular flexibility index (Phi) is 5.27. The molecule has 2 aromatic rings. The van der Waals surface area contributed by atoms with Gasteiger partial charge in [-0.1, -0.05) is 0 Å². The standard InChI is InChI=1S/C26H34O2/c1-11-13(3)17(7)21(18(8)14(11)4)23-25(27)24(26(23)28)22-19(9)15(5)12(2)16(6)20(22)10/h23-26H,1-10H3/q-2. The van der Waals surface area contributed by atoms with Crippen LogP contribution in [-0.2, 0) is 0 Å². The minimum absolute atomic E-state index is 0.441. The van der Waals surface area contributed by atoms with Crippen molar-refractivity contribution in [1.29, 1.82) is 0 Å². The van der Waals surface area contributed by atoms with Gasteiger partial charge in [0.05, 0.1) is 0 Å². The predicted octanol–water partition coefficient (Wildman–Crippen LogP) is 4.11. The normalized spacial score (nSPS) is 24.4. The molecule has 1 saturated carbocycles. The van der Waals surface area contributed by atoms with Crippen LogP contribution in [0.2, 0.25) is 0 Å². The Morgan fingerprint density at radius 2 is 0.536 bits per heavy atom. The van der Waals surface area contributed by atoms with Crippen LogP contribution in [0.15, 0.2) is 0 Å². The fourth-order valence-corrected chi connectivity index (χ4v) is 5.39. The average molecular weight is 379 g/mol. The monoisotopic (exact) mass is 378 g/mol. The summed E-state index contributed by atoms with van der Waals surface area (Å²) in [7, 11) is 0. The zero-order valence-electron chi connectivity index (χ0n) is 19.1. The lowest BCUT2D eigenvalue weighted by molar-refractivity contribution is -0.536. The van der Waals surface area contributed by atoms with E-state index >= 15 is 0 Å². The molecule has 0 atom stereocenters. The molecule has 3 rings (SSSR count). The highest BCUT2D eigenvalue weighted by atomic mass is 16.3. The molecule has 2 heteroatoms. The van der Waals surface area contributed by atoms with Crippen LogP contribution in [0.25, 0.3) is 0 Å². The van der Waals surface area contributed by atoms with Gasteiger partial charge in [0, 0.05) is 0 Å². The van der Waals surface area contributed by atoms with Crippen molar-refractivity contribution in [2.24, 2.45) is 0 Å². The van der Waals surface area contributed by atoms with Crippen LogP contribution >= 0.6 is 0 Å². The second-order valence-electron chi connectivity index (χ2n) is 9.06. The summed E-state index contributed by atoms with van der Waals surface area (Å²) in [6.07, 6.45) is -1.75. The van der Waals surface area contributed by atoms with Gasteiger partial charge in [-0.25, -0.2) is 0 Å². The Hall–Kier alpha value is -1.64. The van der Waals surface area contributed by atoms with Gasteiger partial charge in [-0.05, 0) is 148 Å². The van der Waals surface area contributed by atoms with E-state index < -0.39 is 24.0 Å². The quantitative estimate of drug-likeness (QED) is 0.789.